The highest BCUT2D eigenvalue weighted by Crippen LogP contribution is 2.66. The molecule has 1 heteroatoms. The van der Waals surface area contributed by atoms with Gasteiger partial charge in [-0.3, -0.25) is 0 Å². The summed E-state index contributed by atoms with van der Waals surface area (Å²) in [6.07, 6.45) is 9.43. The molecule has 6 aliphatic carbocycles. The minimum Gasteiger partial charge on any atom is -0.310 e. The van der Waals surface area contributed by atoms with Gasteiger partial charge in [0.15, 0.2) is 0 Å². The number of nitrogens with zero attached hydrogens (tertiary/aromatic N) is 1. The van der Waals surface area contributed by atoms with Crippen LogP contribution in [0.15, 0.2) is 194 Å². The molecule has 0 amide bonds. The van der Waals surface area contributed by atoms with E-state index >= 15 is 0 Å². The molecule has 0 saturated heterocycles. The molecule has 4 fully saturated rings. The fraction of sp³-hybridized carbons (Fsp3) is 0.273. The number of rotatable bonds is 8. The van der Waals surface area contributed by atoms with Crippen molar-refractivity contribution in [3.8, 4) is 33.4 Å². The fourth-order valence-electron chi connectivity index (χ4n) is 14.7. The van der Waals surface area contributed by atoms with Crippen molar-refractivity contribution in [3.63, 3.8) is 0 Å². The van der Waals surface area contributed by atoms with Crippen LogP contribution in [0.4, 0.5) is 17.1 Å². The van der Waals surface area contributed by atoms with Crippen LogP contribution < -0.4 is 4.90 Å². The van der Waals surface area contributed by atoms with Gasteiger partial charge < -0.3 is 4.90 Å². The summed E-state index contributed by atoms with van der Waals surface area (Å²) in [4.78, 5) is 2.60. The van der Waals surface area contributed by atoms with Crippen molar-refractivity contribution in [3.05, 3.63) is 233 Å². The van der Waals surface area contributed by atoms with Gasteiger partial charge in [0.05, 0.1) is 11.1 Å². The van der Waals surface area contributed by atoms with Crippen LogP contribution in [0.5, 0.6) is 0 Å². The quantitative estimate of drug-likeness (QED) is 0.147. The van der Waals surface area contributed by atoms with Gasteiger partial charge in [-0.1, -0.05) is 185 Å². The number of benzene rings is 8. The number of hydrogen-bond donors (Lipinski definition) is 0. The molecule has 2 atom stereocenters. The molecule has 0 heterocycles. The molecule has 0 aliphatic heterocycles. The van der Waals surface area contributed by atoms with Gasteiger partial charge in [-0.2, -0.15) is 0 Å². The Morgan fingerprint density at radius 3 is 1.57 bits per heavy atom. The lowest BCUT2D eigenvalue weighted by Gasteiger charge is -2.42. The van der Waals surface area contributed by atoms with Crippen molar-refractivity contribution in [2.75, 3.05) is 4.90 Å². The predicted molar refractivity (Wildman–Crippen MR) is 280 cm³/mol. The normalized spacial score (nSPS) is 23.1. The first-order valence-corrected chi connectivity index (χ1v) is 25.2. The Morgan fingerprint density at radius 1 is 0.388 bits per heavy atom. The van der Waals surface area contributed by atoms with E-state index in [-0.39, 0.29) is 10.8 Å². The summed E-state index contributed by atoms with van der Waals surface area (Å²) in [6.45, 7) is 9.81. The molecule has 8 aromatic rings. The molecule has 330 valence electrons. The van der Waals surface area contributed by atoms with E-state index in [0.717, 1.165) is 23.4 Å². The minimum atomic E-state index is -0.531. The van der Waals surface area contributed by atoms with Crippen LogP contribution in [0.2, 0.25) is 0 Å². The largest absolute Gasteiger partial charge is 0.310 e. The van der Waals surface area contributed by atoms with Gasteiger partial charge in [0.1, 0.15) is 0 Å². The Bertz CT molecular complexity index is 3100. The standard InChI is InChI=1S/C66H61N/c1-63(2)34-35-64(3,4)61-39-48(26-33-59(61)63)56-40-57-55-22-14-15-23-58(55)66(50-18-10-6-11-19-50,51-20-12-7-13-21-51)60(57)41-62(56)67(53-29-24-47(25-30-53)46-16-8-5-9-17-46)54-31-27-49(28-32-54)65-42-44-36-45(43-65)38-52(65)37-44/h5-33,39-41,44-45,52H,34-38,42-43H2,1-4H3. The van der Waals surface area contributed by atoms with Gasteiger partial charge >= 0.3 is 0 Å². The topological polar surface area (TPSA) is 3.24 Å². The molecule has 4 bridgehead atoms. The molecule has 0 spiro atoms. The van der Waals surface area contributed by atoms with Crippen LogP contribution in [-0.4, -0.2) is 0 Å². The van der Waals surface area contributed by atoms with Crippen LogP contribution in [0.25, 0.3) is 33.4 Å². The molecule has 8 aromatic carbocycles. The predicted octanol–water partition coefficient (Wildman–Crippen LogP) is 17.3. The Kier molecular flexibility index (Phi) is 9.16. The van der Waals surface area contributed by atoms with Gasteiger partial charge in [0.25, 0.3) is 0 Å². The van der Waals surface area contributed by atoms with Crippen LogP contribution in [0.1, 0.15) is 112 Å². The van der Waals surface area contributed by atoms with Crippen LogP contribution >= 0.6 is 0 Å². The van der Waals surface area contributed by atoms with Gasteiger partial charge in [0.2, 0.25) is 0 Å². The molecule has 0 aromatic heterocycles. The molecule has 67 heavy (non-hydrogen) atoms. The minimum absolute atomic E-state index is 0.0707. The van der Waals surface area contributed by atoms with Crippen molar-refractivity contribution < 1.29 is 0 Å². The number of anilines is 3. The maximum Gasteiger partial charge on any atom is 0.0714 e. The molecule has 4 saturated carbocycles. The van der Waals surface area contributed by atoms with E-state index in [0.29, 0.717) is 5.41 Å². The third kappa shape index (κ3) is 6.19. The maximum absolute atomic E-state index is 2.61. The molecular formula is C66H61N. The third-order valence-electron chi connectivity index (χ3n) is 17.9. The average molecular weight is 868 g/mol. The Labute approximate surface area is 398 Å². The molecule has 0 N–H and O–H groups in total. The lowest BCUT2D eigenvalue weighted by molar-refractivity contribution is 0.266. The van der Waals surface area contributed by atoms with E-state index in [2.05, 4.69) is 227 Å². The zero-order chi connectivity index (χ0) is 45.1. The van der Waals surface area contributed by atoms with Gasteiger partial charge in [0, 0.05) is 16.9 Å². The molecule has 0 radical (unpaired) electrons. The summed E-state index contributed by atoms with van der Waals surface area (Å²) in [5.41, 5.74) is 21.0. The third-order valence-corrected chi connectivity index (χ3v) is 17.9. The van der Waals surface area contributed by atoms with Gasteiger partial charge in [-0.25, -0.2) is 0 Å². The first-order chi connectivity index (χ1) is 32.6. The Hall–Kier alpha value is -6.44. The van der Waals surface area contributed by atoms with Crippen molar-refractivity contribution in [1.82, 2.24) is 0 Å². The van der Waals surface area contributed by atoms with E-state index in [1.807, 2.05) is 0 Å². The van der Waals surface area contributed by atoms with Crippen LogP contribution in [0.3, 0.4) is 0 Å². The van der Waals surface area contributed by atoms with Crippen molar-refractivity contribution in [1.29, 1.82) is 0 Å². The van der Waals surface area contributed by atoms with Gasteiger partial charge in [-0.05, 0) is 182 Å². The molecule has 1 nitrogen and oxygen atoms in total. The fourth-order valence-corrected chi connectivity index (χ4v) is 14.7. The summed E-state index contributed by atoms with van der Waals surface area (Å²) >= 11 is 0. The monoisotopic (exact) mass is 867 g/mol. The van der Waals surface area contributed by atoms with Gasteiger partial charge in [-0.15, -0.1) is 0 Å². The lowest BCUT2D eigenvalue weighted by atomic mass is 9.63. The van der Waals surface area contributed by atoms with Crippen molar-refractivity contribution in [2.45, 2.75) is 94.3 Å². The van der Waals surface area contributed by atoms with E-state index in [1.165, 1.54) is 123 Å². The highest BCUT2D eigenvalue weighted by Gasteiger charge is 2.58. The van der Waals surface area contributed by atoms with E-state index < -0.39 is 5.41 Å². The second kappa shape index (κ2) is 15.0. The van der Waals surface area contributed by atoms with E-state index in [1.54, 1.807) is 5.56 Å². The average Bonchev–Trinajstić information content (AvgIpc) is 3.91. The maximum atomic E-state index is 2.61. The van der Waals surface area contributed by atoms with E-state index in [9.17, 15) is 0 Å². The molecule has 14 rings (SSSR count). The molecule has 6 aliphatic rings. The first kappa shape index (κ1) is 40.8. The molecule has 2 unspecified atom stereocenters. The second-order valence-electron chi connectivity index (χ2n) is 22.5. The molecular weight excluding hydrogens is 807 g/mol. The smallest absolute Gasteiger partial charge is 0.0714 e. The SMILES string of the molecule is CC1(C)CCC(C)(C)c2cc(-c3cc4c(cc3N(c3ccc(-c5ccccc5)cc3)c3ccc(C56CC7CC(CC5C7)C6)cc3)C(c3ccccc3)(c3ccccc3)c3ccccc3-4)ccc21. The lowest BCUT2D eigenvalue weighted by Crippen LogP contribution is -2.33. The summed E-state index contributed by atoms with van der Waals surface area (Å²) in [5, 5.41) is 0. The second-order valence-corrected chi connectivity index (χ2v) is 22.5. The summed E-state index contributed by atoms with van der Waals surface area (Å²) in [6, 6.07) is 74.7. The Balaban J connectivity index is 1.09. The Morgan fingerprint density at radius 2 is 0.925 bits per heavy atom. The van der Waals surface area contributed by atoms with Crippen LogP contribution in [0, 0.1) is 17.8 Å². The summed E-state index contributed by atoms with van der Waals surface area (Å²) in [7, 11) is 0. The zero-order valence-corrected chi connectivity index (χ0v) is 39.6. The summed E-state index contributed by atoms with van der Waals surface area (Å²) in [5.74, 6) is 2.67. The van der Waals surface area contributed by atoms with Crippen molar-refractivity contribution in [2.24, 2.45) is 17.8 Å². The number of hydrogen-bond acceptors (Lipinski definition) is 1. The highest BCUT2D eigenvalue weighted by molar-refractivity contribution is 5.97. The first-order valence-electron chi connectivity index (χ1n) is 25.2. The number of fused-ring (bicyclic) bond motifs is 4. The van der Waals surface area contributed by atoms with Crippen LogP contribution in [-0.2, 0) is 21.7 Å². The van der Waals surface area contributed by atoms with E-state index in [4.69, 9.17) is 0 Å². The highest BCUT2D eigenvalue weighted by atomic mass is 15.1. The van der Waals surface area contributed by atoms with Crippen molar-refractivity contribution >= 4 is 17.1 Å². The summed E-state index contributed by atoms with van der Waals surface area (Å²) < 4.78 is 0. The zero-order valence-electron chi connectivity index (χ0n) is 39.6.